The molecule has 11 heteroatoms. The Balaban J connectivity index is 1.74. The summed E-state index contributed by atoms with van der Waals surface area (Å²) in [5.74, 6) is 0.0955. The number of ether oxygens (including phenoxy) is 1. The Labute approximate surface area is 181 Å². The first-order valence-corrected chi connectivity index (χ1v) is 10.6. The van der Waals surface area contributed by atoms with E-state index in [0.29, 0.717) is 16.5 Å². The van der Waals surface area contributed by atoms with Crippen LogP contribution in [-0.4, -0.2) is 30.4 Å². The van der Waals surface area contributed by atoms with Gasteiger partial charge in [-0.05, 0) is 36.4 Å². The lowest BCUT2D eigenvalue weighted by Crippen LogP contribution is -2.12. The summed E-state index contributed by atoms with van der Waals surface area (Å²) in [4.78, 5) is 29.2. The second kappa shape index (κ2) is 8.12. The summed E-state index contributed by atoms with van der Waals surface area (Å²) >= 11 is 0. The molecule has 0 radical (unpaired) electrons. The maximum atomic E-state index is 12.7. The molecule has 0 spiro atoms. The predicted octanol–water partition coefficient (Wildman–Crippen LogP) is 3.27. The molecule has 0 bridgehead atoms. The molecule has 10 nitrogen and oxygen atoms in total. The third kappa shape index (κ3) is 3.88. The number of nitrogens with zero attached hydrogens (tertiary/aromatic N) is 2. The third-order valence-corrected chi connectivity index (χ3v) is 5.86. The summed E-state index contributed by atoms with van der Waals surface area (Å²) in [7, 11) is -3.22. The molecule has 0 atom stereocenters. The van der Waals surface area contributed by atoms with Crippen LogP contribution in [0.4, 0.5) is 5.69 Å². The van der Waals surface area contributed by atoms with E-state index < -0.39 is 25.6 Å². The summed E-state index contributed by atoms with van der Waals surface area (Å²) in [6.07, 6.45) is 0. The van der Waals surface area contributed by atoms with Crippen molar-refractivity contribution in [1.29, 1.82) is 0 Å². The van der Waals surface area contributed by atoms with Gasteiger partial charge < -0.3 is 13.9 Å². The lowest BCUT2D eigenvalue weighted by atomic mass is 10.1. The molecule has 4 aromatic rings. The second-order valence-corrected chi connectivity index (χ2v) is 8.07. The zero-order chi connectivity index (χ0) is 22.9. The SMILES string of the molecule is COc1cc(-c2nc3ccccc3c(=O)[nH]2)ccc1OS(=O)(=O)c1ccccc1[N+](=O)[O-]. The van der Waals surface area contributed by atoms with Gasteiger partial charge in [0.25, 0.3) is 11.2 Å². The first-order valence-electron chi connectivity index (χ1n) is 9.15. The molecule has 32 heavy (non-hydrogen) atoms. The molecule has 3 aromatic carbocycles. The maximum absolute atomic E-state index is 12.7. The van der Waals surface area contributed by atoms with Crippen molar-refractivity contribution in [2.24, 2.45) is 0 Å². The van der Waals surface area contributed by atoms with Gasteiger partial charge in [-0.2, -0.15) is 8.42 Å². The van der Waals surface area contributed by atoms with Gasteiger partial charge >= 0.3 is 10.1 Å². The number of aromatic amines is 1. The van der Waals surface area contributed by atoms with Crippen molar-refractivity contribution in [1.82, 2.24) is 9.97 Å². The number of benzene rings is 3. The van der Waals surface area contributed by atoms with Crippen LogP contribution < -0.4 is 14.5 Å². The first-order chi connectivity index (χ1) is 15.3. The summed E-state index contributed by atoms with van der Waals surface area (Å²) in [5, 5.41) is 11.6. The Hall–Kier alpha value is -4.25. The number of hydrogen-bond acceptors (Lipinski definition) is 8. The number of hydrogen-bond donors (Lipinski definition) is 1. The average Bonchev–Trinajstić information content (AvgIpc) is 2.79. The monoisotopic (exact) mass is 453 g/mol. The topological polar surface area (TPSA) is 141 Å². The van der Waals surface area contributed by atoms with Crippen LogP contribution in [0.5, 0.6) is 11.5 Å². The fourth-order valence-corrected chi connectivity index (χ4v) is 4.20. The molecule has 0 fully saturated rings. The molecule has 1 aromatic heterocycles. The highest BCUT2D eigenvalue weighted by molar-refractivity contribution is 7.87. The zero-order valence-corrected chi connectivity index (χ0v) is 17.3. The Kier molecular flexibility index (Phi) is 5.33. The molecule has 1 heterocycles. The van der Waals surface area contributed by atoms with E-state index in [-0.39, 0.29) is 22.9 Å². The van der Waals surface area contributed by atoms with Gasteiger partial charge in [0.15, 0.2) is 16.4 Å². The van der Waals surface area contributed by atoms with Crippen molar-refractivity contribution in [2.75, 3.05) is 7.11 Å². The molecule has 0 saturated carbocycles. The lowest BCUT2D eigenvalue weighted by Gasteiger charge is -2.12. The van der Waals surface area contributed by atoms with Crippen LogP contribution in [0.1, 0.15) is 0 Å². The molecule has 4 rings (SSSR count). The van der Waals surface area contributed by atoms with E-state index in [0.717, 1.165) is 12.1 Å². The number of nitro groups is 1. The lowest BCUT2D eigenvalue weighted by molar-refractivity contribution is -0.387. The van der Waals surface area contributed by atoms with Crippen LogP contribution in [0, 0.1) is 10.1 Å². The first kappa shape index (κ1) is 21.0. The van der Waals surface area contributed by atoms with E-state index in [9.17, 15) is 23.3 Å². The predicted molar refractivity (Wildman–Crippen MR) is 115 cm³/mol. The largest absolute Gasteiger partial charge is 0.493 e. The van der Waals surface area contributed by atoms with E-state index in [2.05, 4.69) is 9.97 Å². The molecular weight excluding hydrogens is 438 g/mol. The fourth-order valence-electron chi connectivity index (χ4n) is 3.09. The summed E-state index contributed by atoms with van der Waals surface area (Å²) in [5.41, 5.74) is -0.00506. The average molecular weight is 453 g/mol. The Morgan fingerprint density at radius 2 is 1.72 bits per heavy atom. The van der Waals surface area contributed by atoms with E-state index in [1.165, 1.54) is 37.4 Å². The van der Waals surface area contributed by atoms with Crippen molar-refractivity contribution < 1.29 is 22.3 Å². The smallest absolute Gasteiger partial charge is 0.346 e. The van der Waals surface area contributed by atoms with Crippen LogP contribution in [-0.2, 0) is 10.1 Å². The van der Waals surface area contributed by atoms with E-state index in [1.807, 2.05) is 0 Å². The minimum Gasteiger partial charge on any atom is -0.493 e. The Morgan fingerprint density at radius 3 is 2.47 bits per heavy atom. The number of rotatable bonds is 6. The summed E-state index contributed by atoms with van der Waals surface area (Å²) < 4.78 is 35.8. The molecule has 162 valence electrons. The molecule has 0 aliphatic carbocycles. The van der Waals surface area contributed by atoms with Crippen molar-refractivity contribution >= 4 is 26.7 Å². The van der Waals surface area contributed by atoms with E-state index >= 15 is 0 Å². The number of nitrogens with one attached hydrogen (secondary N) is 1. The molecule has 1 N–H and O–H groups in total. The third-order valence-electron chi connectivity index (χ3n) is 4.58. The van der Waals surface area contributed by atoms with Crippen LogP contribution in [0.25, 0.3) is 22.3 Å². The highest BCUT2D eigenvalue weighted by atomic mass is 32.2. The normalized spacial score (nSPS) is 11.3. The highest BCUT2D eigenvalue weighted by Gasteiger charge is 2.28. The van der Waals surface area contributed by atoms with Crippen LogP contribution in [0.2, 0.25) is 0 Å². The van der Waals surface area contributed by atoms with Gasteiger partial charge in [0.05, 0.1) is 22.9 Å². The minimum absolute atomic E-state index is 0.0282. The van der Waals surface area contributed by atoms with Crippen molar-refractivity contribution in [3.8, 4) is 22.9 Å². The fraction of sp³-hybridized carbons (Fsp3) is 0.0476. The molecular formula is C21H15N3O7S. The highest BCUT2D eigenvalue weighted by Crippen LogP contribution is 2.35. The molecule has 0 aliphatic rings. The zero-order valence-electron chi connectivity index (χ0n) is 16.5. The maximum Gasteiger partial charge on any atom is 0.346 e. The number of methoxy groups -OCH3 is 1. The van der Waals surface area contributed by atoms with Gasteiger partial charge in [0.2, 0.25) is 0 Å². The quantitative estimate of drug-likeness (QED) is 0.266. The number of para-hydroxylation sites is 2. The van der Waals surface area contributed by atoms with Crippen molar-refractivity contribution in [3.63, 3.8) is 0 Å². The standard InChI is InChI=1S/C21H15N3O7S/c1-30-18-12-13(20-22-15-7-3-2-6-14(15)21(25)23-20)10-11-17(18)31-32(28,29)19-9-5-4-8-16(19)24(26)27/h2-12H,1H3,(H,22,23,25). The minimum atomic E-state index is -4.53. The Bertz CT molecular complexity index is 1510. The van der Waals surface area contributed by atoms with Gasteiger partial charge in [-0.3, -0.25) is 14.9 Å². The Morgan fingerprint density at radius 1 is 1.00 bits per heavy atom. The van der Waals surface area contributed by atoms with E-state index in [4.69, 9.17) is 8.92 Å². The van der Waals surface area contributed by atoms with Gasteiger partial charge in [-0.15, -0.1) is 0 Å². The van der Waals surface area contributed by atoms with Gasteiger partial charge in [-0.1, -0.05) is 24.3 Å². The van der Waals surface area contributed by atoms with Crippen molar-refractivity contribution in [3.05, 3.63) is 87.2 Å². The van der Waals surface area contributed by atoms with E-state index in [1.54, 1.807) is 24.3 Å². The van der Waals surface area contributed by atoms with Gasteiger partial charge in [0.1, 0.15) is 5.82 Å². The van der Waals surface area contributed by atoms with Crippen LogP contribution in [0.15, 0.2) is 76.4 Å². The molecule has 0 saturated heterocycles. The van der Waals surface area contributed by atoms with Gasteiger partial charge in [-0.25, -0.2) is 4.98 Å². The molecule has 0 aliphatic heterocycles. The number of H-pyrrole nitrogens is 1. The summed E-state index contributed by atoms with van der Waals surface area (Å²) in [6.45, 7) is 0. The van der Waals surface area contributed by atoms with Gasteiger partial charge in [0, 0.05) is 11.6 Å². The second-order valence-electron chi connectivity index (χ2n) is 6.56. The number of fused-ring (bicyclic) bond motifs is 1. The molecule has 0 amide bonds. The van der Waals surface area contributed by atoms with Crippen molar-refractivity contribution in [2.45, 2.75) is 4.90 Å². The van der Waals surface area contributed by atoms with Crippen LogP contribution in [0.3, 0.4) is 0 Å². The summed E-state index contributed by atoms with van der Waals surface area (Å²) in [6, 6.07) is 15.9. The number of aromatic nitrogens is 2. The van der Waals surface area contributed by atoms with Crippen LogP contribution >= 0.6 is 0 Å². The molecule has 0 unspecified atom stereocenters. The number of nitro benzene ring substituents is 1.